The van der Waals surface area contributed by atoms with Crippen molar-refractivity contribution in [3.8, 4) is 0 Å². The molecule has 5 heteroatoms. The molecule has 1 heterocycles. The van der Waals surface area contributed by atoms with Crippen molar-refractivity contribution in [3.63, 3.8) is 0 Å². The number of nitrogens with zero attached hydrogens (tertiary/aromatic N) is 2. The van der Waals surface area contributed by atoms with Crippen LogP contribution in [0.4, 0.5) is 0 Å². The Hall–Kier alpha value is -0.590. The molecule has 0 aliphatic carbocycles. The predicted molar refractivity (Wildman–Crippen MR) is 79.3 cm³/mol. The van der Waals surface area contributed by atoms with Gasteiger partial charge in [0.05, 0.1) is 9.77 Å². The SMILES string of the molecule is CCC(CC)(C(=O)OC(C)(C)C)n1cc(I)cn1. The first-order chi connectivity index (χ1) is 8.25. The van der Waals surface area contributed by atoms with Gasteiger partial charge in [0.15, 0.2) is 5.54 Å². The van der Waals surface area contributed by atoms with Crippen LogP contribution < -0.4 is 0 Å². The zero-order valence-corrected chi connectivity index (χ0v) is 13.8. The van der Waals surface area contributed by atoms with Crippen molar-refractivity contribution in [2.75, 3.05) is 0 Å². The van der Waals surface area contributed by atoms with Crippen LogP contribution in [0.1, 0.15) is 47.5 Å². The highest BCUT2D eigenvalue weighted by Gasteiger charge is 2.41. The number of hydrogen-bond acceptors (Lipinski definition) is 3. The van der Waals surface area contributed by atoms with Gasteiger partial charge in [-0.2, -0.15) is 5.10 Å². The van der Waals surface area contributed by atoms with Crippen LogP contribution in [-0.2, 0) is 15.1 Å². The van der Waals surface area contributed by atoms with Crippen molar-refractivity contribution in [3.05, 3.63) is 16.0 Å². The van der Waals surface area contributed by atoms with E-state index in [1.165, 1.54) is 0 Å². The number of carbonyl (C=O) groups is 1. The summed E-state index contributed by atoms with van der Waals surface area (Å²) >= 11 is 2.19. The topological polar surface area (TPSA) is 44.1 Å². The molecule has 0 radical (unpaired) electrons. The van der Waals surface area contributed by atoms with E-state index >= 15 is 0 Å². The lowest BCUT2D eigenvalue weighted by Gasteiger charge is -2.33. The van der Waals surface area contributed by atoms with Gasteiger partial charge >= 0.3 is 5.97 Å². The molecule has 0 aromatic carbocycles. The summed E-state index contributed by atoms with van der Waals surface area (Å²) in [7, 11) is 0. The van der Waals surface area contributed by atoms with Crippen LogP contribution in [0.3, 0.4) is 0 Å². The number of rotatable bonds is 4. The van der Waals surface area contributed by atoms with Gasteiger partial charge < -0.3 is 4.74 Å². The predicted octanol–water partition coefficient (Wildman–Crippen LogP) is 3.34. The van der Waals surface area contributed by atoms with Crippen molar-refractivity contribution in [2.24, 2.45) is 0 Å². The van der Waals surface area contributed by atoms with Crippen molar-refractivity contribution in [2.45, 2.75) is 58.6 Å². The standard InChI is InChI=1S/C13H21IN2O2/c1-6-13(7-2,11(17)18-12(3,4)5)16-9-10(14)8-15-16/h8-9H,6-7H2,1-5H3. The average molecular weight is 364 g/mol. The first kappa shape index (κ1) is 15.5. The number of ether oxygens (including phenoxy) is 1. The van der Waals surface area contributed by atoms with Crippen molar-refractivity contribution in [1.29, 1.82) is 0 Å². The molecule has 1 rings (SSSR count). The van der Waals surface area contributed by atoms with Crippen LogP contribution in [0.2, 0.25) is 0 Å². The largest absolute Gasteiger partial charge is 0.458 e. The summed E-state index contributed by atoms with van der Waals surface area (Å²) in [5.74, 6) is -0.209. The smallest absolute Gasteiger partial charge is 0.334 e. The van der Waals surface area contributed by atoms with Gasteiger partial charge in [-0.15, -0.1) is 0 Å². The quantitative estimate of drug-likeness (QED) is 0.608. The van der Waals surface area contributed by atoms with Gasteiger partial charge in [0.25, 0.3) is 0 Å². The van der Waals surface area contributed by atoms with E-state index in [2.05, 4.69) is 27.7 Å². The van der Waals surface area contributed by atoms with Gasteiger partial charge in [-0.25, -0.2) is 4.79 Å². The Morgan fingerprint density at radius 2 is 1.94 bits per heavy atom. The maximum absolute atomic E-state index is 12.5. The van der Waals surface area contributed by atoms with E-state index in [4.69, 9.17) is 4.74 Å². The number of halogens is 1. The highest BCUT2D eigenvalue weighted by Crippen LogP contribution is 2.29. The average Bonchev–Trinajstić information content (AvgIpc) is 2.65. The summed E-state index contributed by atoms with van der Waals surface area (Å²) in [6.45, 7) is 9.62. The summed E-state index contributed by atoms with van der Waals surface area (Å²) in [4.78, 5) is 12.5. The van der Waals surface area contributed by atoms with Crippen LogP contribution in [0, 0.1) is 3.57 Å². The molecule has 1 aromatic heterocycles. The summed E-state index contributed by atoms with van der Waals surface area (Å²) < 4.78 is 8.30. The second-order valence-electron chi connectivity index (χ2n) is 5.34. The molecule has 0 bridgehead atoms. The maximum atomic E-state index is 12.5. The Bertz CT molecular complexity index is 417. The van der Waals surface area contributed by atoms with E-state index < -0.39 is 11.1 Å². The number of carbonyl (C=O) groups excluding carboxylic acids is 1. The molecule has 0 aliphatic rings. The molecular formula is C13H21IN2O2. The molecule has 4 nitrogen and oxygen atoms in total. The summed E-state index contributed by atoms with van der Waals surface area (Å²) in [6.07, 6.45) is 4.97. The Balaban J connectivity index is 3.11. The van der Waals surface area contributed by atoms with Gasteiger partial charge in [0.1, 0.15) is 5.60 Å². The van der Waals surface area contributed by atoms with Crippen LogP contribution in [0.5, 0.6) is 0 Å². The highest BCUT2D eigenvalue weighted by atomic mass is 127. The minimum atomic E-state index is -0.698. The molecule has 0 atom stereocenters. The third-order valence-electron chi connectivity index (χ3n) is 2.94. The monoisotopic (exact) mass is 364 g/mol. The van der Waals surface area contributed by atoms with E-state index in [1.807, 2.05) is 40.8 Å². The molecule has 0 spiro atoms. The lowest BCUT2D eigenvalue weighted by Crippen LogP contribution is -2.45. The normalized spacial score (nSPS) is 12.6. The zero-order valence-electron chi connectivity index (χ0n) is 11.7. The summed E-state index contributed by atoms with van der Waals surface area (Å²) in [5, 5.41) is 4.29. The van der Waals surface area contributed by atoms with Crippen LogP contribution in [-0.4, -0.2) is 21.4 Å². The van der Waals surface area contributed by atoms with E-state index in [1.54, 1.807) is 10.9 Å². The molecular weight excluding hydrogens is 343 g/mol. The second-order valence-corrected chi connectivity index (χ2v) is 6.59. The fourth-order valence-corrected chi connectivity index (χ4v) is 2.25. The summed E-state index contributed by atoms with van der Waals surface area (Å²) in [6, 6.07) is 0. The molecule has 18 heavy (non-hydrogen) atoms. The number of hydrogen-bond donors (Lipinski definition) is 0. The lowest BCUT2D eigenvalue weighted by atomic mass is 9.93. The van der Waals surface area contributed by atoms with Crippen LogP contribution >= 0.6 is 22.6 Å². The van der Waals surface area contributed by atoms with Crippen molar-refractivity contribution in [1.82, 2.24) is 9.78 Å². The number of esters is 1. The van der Waals surface area contributed by atoms with E-state index in [-0.39, 0.29) is 5.97 Å². The Morgan fingerprint density at radius 1 is 1.39 bits per heavy atom. The Morgan fingerprint density at radius 3 is 2.28 bits per heavy atom. The van der Waals surface area contributed by atoms with E-state index in [9.17, 15) is 4.79 Å². The highest BCUT2D eigenvalue weighted by molar-refractivity contribution is 14.1. The minimum absolute atomic E-state index is 0.209. The van der Waals surface area contributed by atoms with Crippen LogP contribution in [0.15, 0.2) is 12.4 Å². The van der Waals surface area contributed by atoms with E-state index in [0.717, 1.165) is 3.57 Å². The molecule has 102 valence electrons. The van der Waals surface area contributed by atoms with Gasteiger partial charge in [0, 0.05) is 6.20 Å². The molecule has 1 aromatic rings. The Kier molecular flexibility index (Phi) is 4.80. The first-order valence-electron chi connectivity index (χ1n) is 6.19. The molecule has 0 aliphatic heterocycles. The van der Waals surface area contributed by atoms with Crippen LogP contribution in [0.25, 0.3) is 0 Å². The minimum Gasteiger partial charge on any atom is -0.458 e. The Labute approximate surface area is 122 Å². The van der Waals surface area contributed by atoms with Crippen molar-refractivity contribution < 1.29 is 9.53 Å². The maximum Gasteiger partial charge on any atom is 0.334 e. The molecule has 0 fully saturated rings. The number of aromatic nitrogens is 2. The molecule has 0 unspecified atom stereocenters. The van der Waals surface area contributed by atoms with Gasteiger partial charge in [0.2, 0.25) is 0 Å². The summed E-state index contributed by atoms with van der Waals surface area (Å²) in [5.41, 5.74) is -1.18. The third kappa shape index (κ3) is 3.24. The van der Waals surface area contributed by atoms with Gasteiger partial charge in [-0.1, -0.05) is 13.8 Å². The molecule has 0 saturated heterocycles. The molecule has 0 N–H and O–H groups in total. The lowest BCUT2D eigenvalue weighted by molar-refractivity contribution is -0.167. The van der Waals surface area contributed by atoms with Gasteiger partial charge in [-0.05, 0) is 56.2 Å². The van der Waals surface area contributed by atoms with Gasteiger partial charge in [-0.3, -0.25) is 4.68 Å². The fourth-order valence-electron chi connectivity index (χ4n) is 1.86. The first-order valence-corrected chi connectivity index (χ1v) is 7.27. The van der Waals surface area contributed by atoms with E-state index in [0.29, 0.717) is 12.8 Å². The third-order valence-corrected chi connectivity index (χ3v) is 3.50. The van der Waals surface area contributed by atoms with Crippen molar-refractivity contribution >= 4 is 28.6 Å². The molecule has 0 saturated carbocycles. The molecule has 0 amide bonds. The zero-order chi connectivity index (χ0) is 14.0. The second kappa shape index (κ2) is 5.59. The fraction of sp³-hybridized carbons (Fsp3) is 0.692.